The maximum atomic E-state index is 5.69. The normalized spacial score (nSPS) is 12.5. The highest BCUT2D eigenvalue weighted by atomic mass is 16.5. The zero-order valence-corrected chi connectivity index (χ0v) is 11.4. The average molecular weight is 263 g/mol. The molecule has 102 valence electrons. The van der Waals surface area contributed by atoms with E-state index in [0.29, 0.717) is 17.8 Å². The van der Waals surface area contributed by atoms with Crippen molar-refractivity contribution in [1.29, 1.82) is 0 Å². The van der Waals surface area contributed by atoms with E-state index in [9.17, 15) is 0 Å². The molecule has 2 aromatic heterocycles. The predicted molar refractivity (Wildman–Crippen MR) is 69.2 cm³/mol. The van der Waals surface area contributed by atoms with Gasteiger partial charge in [0.15, 0.2) is 0 Å². The topological polar surface area (TPSA) is 90.6 Å². The Bertz CT molecular complexity index is 526. The Labute approximate surface area is 111 Å². The molecule has 0 aliphatic heterocycles. The van der Waals surface area contributed by atoms with Gasteiger partial charge in [-0.05, 0) is 12.8 Å². The molecule has 0 saturated carbocycles. The van der Waals surface area contributed by atoms with E-state index in [4.69, 9.17) is 4.74 Å². The summed E-state index contributed by atoms with van der Waals surface area (Å²) in [5.41, 5.74) is 0. The van der Waals surface area contributed by atoms with Crippen molar-refractivity contribution in [3.05, 3.63) is 12.7 Å². The highest BCUT2D eigenvalue weighted by molar-refractivity contribution is 5.28. The molecule has 0 aromatic carbocycles. The Kier molecular flexibility index (Phi) is 3.88. The van der Waals surface area contributed by atoms with Gasteiger partial charge in [0.1, 0.15) is 18.8 Å². The SMILES string of the molecule is CNc1nc(OC(C)C(C)C)nc(-n2cncn2)n1. The molecule has 8 nitrogen and oxygen atoms in total. The third kappa shape index (κ3) is 3.15. The second-order valence-corrected chi connectivity index (χ2v) is 4.40. The smallest absolute Gasteiger partial charge is 0.323 e. The molecule has 1 atom stereocenters. The summed E-state index contributed by atoms with van der Waals surface area (Å²) in [7, 11) is 1.73. The number of hydrogen-bond acceptors (Lipinski definition) is 7. The molecule has 1 N–H and O–H groups in total. The van der Waals surface area contributed by atoms with Crippen LogP contribution in [0.4, 0.5) is 5.95 Å². The summed E-state index contributed by atoms with van der Waals surface area (Å²) < 4.78 is 7.15. The Morgan fingerprint density at radius 2 is 2.00 bits per heavy atom. The summed E-state index contributed by atoms with van der Waals surface area (Å²) in [5.74, 6) is 1.15. The van der Waals surface area contributed by atoms with Crippen molar-refractivity contribution in [3.63, 3.8) is 0 Å². The highest BCUT2D eigenvalue weighted by Crippen LogP contribution is 2.14. The summed E-state index contributed by atoms with van der Waals surface area (Å²) in [6.45, 7) is 6.12. The van der Waals surface area contributed by atoms with E-state index in [1.165, 1.54) is 17.3 Å². The fraction of sp³-hybridized carbons (Fsp3) is 0.545. The van der Waals surface area contributed by atoms with E-state index in [-0.39, 0.29) is 12.1 Å². The van der Waals surface area contributed by atoms with Crippen LogP contribution >= 0.6 is 0 Å². The van der Waals surface area contributed by atoms with Crippen molar-refractivity contribution >= 4 is 5.95 Å². The van der Waals surface area contributed by atoms with Gasteiger partial charge in [-0.15, -0.1) is 0 Å². The molecule has 1 unspecified atom stereocenters. The van der Waals surface area contributed by atoms with Crippen molar-refractivity contribution in [2.75, 3.05) is 12.4 Å². The molecule has 0 spiro atoms. The molecule has 8 heteroatoms. The lowest BCUT2D eigenvalue weighted by Crippen LogP contribution is -2.21. The molecule has 19 heavy (non-hydrogen) atoms. The second-order valence-electron chi connectivity index (χ2n) is 4.40. The first kappa shape index (κ1) is 13.2. The largest absolute Gasteiger partial charge is 0.460 e. The minimum atomic E-state index is 0.00991. The number of ether oxygens (including phenoxy) is 1. The standard InChI is InChI=1S/C11H17N7O/c1-7(2)8(3)19-11-16-9(12-4)15-10(17-11)18-6-13-5-14-18/h5-8H,1-4H3,(H,12,15,16,17). The van der Waals surface area contributed by atoms with Crippen molar-refractivity contribution in [3.8, 4) is 12.0 Å². The fourth-order valence-electron chi connectivity index (χ4n) is 1.23. The zero-order chi connectivity index (χ0) is 13.8. The van der Waals surface area contributed by atoms with Crippen LogP contribution < -0.4 is 10.1 Å². The van der Waals surface area contributed by atoms with Gasteiger partial charge in [-0.2, -0.15) is 24.7 Å². The molecule has 2 heterocycles. The summed E-state index contributed by atoms with van der Waals surface area (Å²) in [6, 6.07) is 0.269. The van der Waals surface area contributed by atoms with E-state index >= 15 is 0 Å². The van der Waals surface area contributed by atoms with Gasteiger partial charge < -0.3 is 10.1 Å². The van der Waals surface area contributed by atoms with Crippen LogP contribution in [0.1, 0.15) is 20.8 Å². The minimum Gasteiger partial charge on any atom is -0.460 e. The molecule has 0 saturated heterocycles. The number of aromatic nitrogens is 6. The molecular weight excluding hydrogens is 246 g/mol. The van der Waals surface area contributed by atoms with E-state index in [1.54, 1.807) is 7.05 Å². The van der Waals surface area contributed by atoms with Crippen LogP contribution in [-0.2, 0) is 0 Å². The van der Waals surface area contributed by atoms with E-state index in [1.807, 2.05) is 6.92 Å². The molecule has 2 aromatic rings. The van der Waals surface area contributed by atoms with Gasteiger partial charge in [0.25, 0.3) is 5.95 Å². The van der Waals surface area contributed by atoms with Gasteiger partial charge in [0.2, 0.25) is 5.95 Å². The van der Waals surface area contributed by atoms with Crippen molar-refractivity contribution in [2.45, 2.75) is 26.9 Å². The Morgan fingerprint density at radius 1 is 1.21 bits per heavy atom. The lowest BCUT2D eigenvalue weighted by Gasteiger charge is -2.16. The Morgan fingerprint density at radius 3 is 2.58 bits per heavy atom. The third-order valence-corrected chi connectivity index (χ3v) is 2.68. The molecule has 0 aliphatic rings. The molecule has 0 amide bonds. The zero-order valence-electron chi connectivity index (χ0n) is 11.4. The molecule has 0 radical (unpaired) electrons. The van der Waals surface area contributed by atoms with Gasteiger partial charge in [-0.1, -0.05) is 13.8 Å². The van der Waals surface area contributed by atoms with Crippen LogP contribution in [-0.4, -0.2) is 42.9 Å². The first-order chi connectivity index (χ1) is 9.10. The highest BCUT2D eigenvalue weighted by Gasteiger charge is 2.14. The lowest BCUT2D eigenvalue weighted by molar-refractivity contribution is 0.155. The van der Waals surface area contributed by atoms with Gasteiger partial charge in [-0.25, -0.2) is 4.98 Å². The number of nitrogens with one attached hydrogen (secondary N) is 1. The minimum absolute atomic E-state index is 0.00991. The predicted octanol–water partition coefficient (Wildman–Crippen LogP) is 0.917. The summed E-state index contributed by atoms with van der Waals surface area (Å²) >= 11 is 0. The van der Waals surface area contributed by atoms with Crippen LogP contribution in [0.25, 0.3) is 5.95 Å². The quantitative estimate of drug-likeness (QED) is 0.857. The average Bonchev–Trinajstić information content (AvgIpc) is 2.92. The first-order valence-corrected chi connectivity index (χ1v) is 6.05. The molecule has 0 aliphatic carbocycles. The fourth-order valence-corrected chi connectivity index (χ4v) is 1.23. The van der Waals surface area contributed by atoms with E-state index in [2.05, 4.69) is 44.2 Å². The van der Waals surface area contributed by atoms with Crippen molar-refractivity contribution < 1.29 is 4.74 Å². The monoisotopic (exact) mass is 263 g/mol. The first-order valence-electron chi connectivity index (χ1n) is 6.05. The Hall–Kier alpha value is -2.25. The number of anilines is 1. The maximum absolute atomic E-state index is 5.69. The van der Waals surface area contributed by atoms with Crippen molar-refractivity contribution in [1.82, 2.24) is 29.7 Å². The summed E-state index contributed by atoms with van der Waals surface area (Å²) in [4.78, 5) is 16.4. The van der Waals surface area contributed by atoms with Crippen LogP contribution in [0.5, 0.6) is 6.01 Å². The maximum Gasteiger partial charge on any atom is 0.323 e. The number of nitrogens with zero attached hydrogens (tertiary/aromatic N) is 6. The molecule has 0 bridgehead atoms. The van der Waals surface area contributed by atoms with Crippen LogP contribution in [0.15, 0.2) is 12.7 Å². The molecular formula is C11H17N7O. The van der Waals surface area contributed by atoms with E-state index in [0.717, 1.165) is 0 Å². The van der Waals surface area contributed by atoms with Gasteiger partial charge in [-0.3, -0.25) is 0 Å². The van der Waals surface area contributed by atoms with Crippen LogP contribution in [0, 0.1) is 5.92 Å². The van der Waals surface area contributed by atoms with Gasteiger partial charge >= 0.3 is 6.01 Å². The summed E-state index contributed by atoms with van der Waals surface area (Å²) in [5, 5.41) is 6.86. The van der Waals surface area contributed by atoms with Crippen LogP contribution in [0.2, 0.25) is 0 Å². The van der Waals surface area contributed by atoms with Crippen LogP contribution in [0.3, 0.4) is 0 Å². The second kappa shape index (κ2) is 5.59. The lowest BCUT2D eigenvalue weighted by atomic mass is 10.1. The molecule has 2 rings (SSSR count). The van der Waals surface area contributed by atoms with Gasteiger partial charge in [0.05, 0.1) is 0 Å². The third-order valence-electron chi connectivity index (χ3n) is 2.68. The number of hydrogen-bond donors (Lipinski definition) is 1. The number of rotatable bonds is 5. The van der Waals surface area contributed by atoms with Crippen molar-refractivity contribution in [2.24, 2.45) is 5.92 Å². The molecule has 0 fully saturated rings. The van der Waals surface area contributed by atoms with Gasteiger partial charge in [0, 0.05) is 7.05 Å². The Balaban J connectivity index is 2.31. The van der Waals surface area contributed by atoms with E-state index < -0.39 is 0 Å². The summed E-state index contributed by atoms with van der Waals surface area (Å²) in [6.07, 6.45) is 2.94.